The van der Waals surface area contributed by atoms with Crippen LogP contribution in [-0.2, 0) is 14.8 Å². The number of ether oxygens (including phenoxy) is 3. The number of hydrogen-bond donors (Lipinski definition) is 0. The number of sulfonamides is 1. The molecule has 2 aliphatic rings. The molecular formula is C25H32N2O6S. The van der Waals surface area contributed by atoms with Gasteiger partial charge in [0, 0.05) is 31.1 Å². The van der Waals surface area contributed by atoms with Gasteiger partial charge < -0.3 is 19.1 Å². The molecule has 0 radical (unpaired) electrons. The smallest absolute Gasteiger partial charge is 0.243 e. The fraction of sp³-hybridized carbons (Fsp3) is 0.480. The van der Waals surface area contributed by atoms with Crippen LogP contribution in [0.2, 0.25) is 0 Å². The van der Waals surface area contributed by atoms with E-state index >= 15 is 0 Å². The van der Waals surface area contributed by atoms with Crippen molar-refractivity contribution in [3.63, 3.8) is 0 Å². The van der Waals surface area contributed by atoms with Crippen LogP contribution in [0.15, 0.2) is 47.4 Å². The molecule has 0 unspecified atom stereocenters. The Labute approximate surface area is 201 Å². The first kappa shape index (κ1) is 24.3. The van der Waals surface area contributed by atoms with Crippen LogP contribution in [0, 0.1) is 5.92 Å². The number of likely N-dealkylation sites (tertiary alicyclic amines) is 1. The number of amides is 1. The Morgan fingerprint density at radius 2 is 1.50 bits per heavy atom. The van der Waals surface area contributed by atoms with Crippen molar-refractivity contribution in [2.75, 3.05) is 41.0 Å². The minimum atomic E-state index is -3.60. The van der Waals surface area contributed by atoms with Gasteiger partial charge in [0.15, 0.2) is 0 Å². The van der Waals surface area contributed by atoms with Crippen LogP contribution in [0.1, 0.15) is 37.3 Å². The van der Waals surface area contributed by atoms with Gasteiger partial charge in [0.2, 0.25) is 15.9 Å². The minimum Gasteiger partial charge on any atom is -0.497 e. The zero-order valence-corrected chi connectivity index (χ0v) is 20.7. The summed E-state index contributed by atoms with van der Waals surface area (Å²) in [6.45, 7) is 1.34. The van der Waals surface area contributed by atoms with Crippen LogP contribution < -0.4 is 14.2 Å². The molecule has 0 aromatic heterocycles. The van der Waals surface area contributed by atoms with Gasteiger partial charge in [-0.3, -0.25) is 4.79 Å². The van der Waals surface area contributed by atoms with E-state index in [4.69, 9.17) is 14.2 Å². The molecule has 1 amide bonds. The zero-order chi connectivity index (χ0) is 24.3. The maximum atomic E-state index is 13.5. The average molecular weight is 489 g/mol. The first-order valence-corrected chi connectivity index (χ1v) is 13.0. The maximum absolute atomic E-state index is 13.5. The Morgan fingerprint density at radius 1 is 0.853 bits per heavy atom. The number of methoxy groups -OCH3 is 3. The SMILES string of the molecule is COc1ccc(S(=O)(=O)N2CCC(C(=O)N3CCC[C@H]3c3cc(OC)ccc3OC)CC2)cc1. The highest BCUT2D eigenvalue weighted by Gasteiger charge is 2.38. The summed E-state index contributed by atoms with van der Waals surface area (Å²) < 4.78 is 43.7. The van der Waals surface area contributed by atoms with Crippen LogP contribution in [-0.4, -0.2) is 64.5 Å². The van der Waals surface area contributed by atoms with Crippen LogP contribution >= 0.6 is 0 Å². The average Bonchev–Trinajstić information content (AvgIpc) is 3.37. The second-order valence-electron chi connectivity index (χ2n) is 8.65. The number of carbonyl (C=O) groups excluding carboxylic acids is 1. The number of carbonyl (C=O) groups is 1. The fourth-order valence-corrected chi connectivity index (χ4v) is 6.40. The zero-order valence-electron chi connectivity index (χ0n) is 19.9. The number of rotatable bonds is 7. The molecule has 4 rings (SSSR count). The molecule has 0 spiro atoms. The van der Waals surface area contributed by atoms with Gasteiger partial charge in [-0.25, -0.2) is 8.42 Å². The summed E-state index contributed by atoms with van der Waals surface area (Å²) in [5.74, 6) is 1.97. The van der Waals surface area contributed by atoms with Gasteiger partial charge >= 0.3 is 0 Å². The topological polar surface area (TPSA) is 85.4 Å². The third-order valence-electron chi connectivity index (χ3n) is 6.83. The lowest BCUT2D eigenvalue weighted by Gasteiger charge is -2.34. The molecule has 1 atom stereocenters. The van der Waals surface area contributed by atoms with E-state index < -0.39 is 10.0 Å². The summed E-state index contributed by atoms with van der Waals surface area (Å²) in [7, 11) is 1.19. The van der Waals surface area contributed by atoms with Crippen molar-refractivity contribution >= 4 is 15.9 Å². The molecule has 2 aliphatic heterocycles. The summed E-state index contributed by atoms with van der Waals surface area (Å²) in [6.07, 6.45) is 2.79. The quantitative estimate of drug-likeness (QED) is 0.593. The molecule has 2 fully saturated rings. The van der Waals surface area contributed by atoms with Crippen molar-refractivity contribution in [1.82, 2.24) is 9.21 Å². The number of hydrogen-bond acceptors (Lipinski definition) is 6. The summed E-state index contributed by atoms with van der Waals surface area (Å²) in [4.78, 5) is 15.7. The first-order chi connectivity index (χ1) is 16.4. The van der Waals surface area contributed by atoms with Gasteiger partial charge in [-0.15, -0.1) is 0 Å². The van der Waals surface area contributed by atoms with Crippen LogP contribution in [0.3, 0.4) is 0 Å². The predicted molar refractivity (Wildman–Crippen MR) is 128 cm³/mol. The lowest BCUT2D eigenvalue weighted by molar-refractivity contribution is -0.137. The van der Waals surface area contributed by atoms with E-state index in [2.05, 4.69) is 0 Å². The highest BCUT2D eigenvalue weighted by Crippen LogP contribution is 2.40. The van der Waals surface area contributed by atoms with E-state index in [1.807, 2.05) is 23.1 Å². The largest absolute Gasteiger partial charge is 0.497 e. The lowest BCUT2D eigenvalue weighted by Crippen LogP contribution is -2.44. The van der Waals surface area contributed by atoms with Crippen molar-refractivity contribution in [2.24, 2.45) is 5.92 Å². The van der Waals surface area contributed by atoms with Crippen molar-refractivity contribution in [3.05, 3.63) is 48.0 Å². The molecular weight excluding hydrogens is 456 g/mol. The molecule has 0 saturated carbocycles. The predicted octanol–water partition coefficient (Wildman–Crippen LogP) is 3.48. The van der Waals surface area contributed by atoms with E-state index in [1.165, 1.54) is 4.31 Å². The highest BCUT2D eigenvalue weighted by atomic mass is 32.2. The van der Waals surface area contributed by atoms with Gasteiger partial charge in [0.05, 0.1) is 32.3 Å². The Balaban J connectivity index is 1.45. The van der Waals surface area contributed by atoms with Gasteiger partial charge in [0.1, 0.15) is 17.2 Å². The van der Waals surface area contributed by atoms with Crippen molar-refractivity contribution < 1.29 is 27.4 Å². The van der Waals surface area contributed by atoms with Gasteiger partial charge in [-0.2, -0.15) is 4.31 Å². The van der Waals surface area contributed by atoms with Gasteiger partial charge in [0.25, 0.3) is 0 Å². The van der Waals surface area contributed by atoms with Crippen LogP contribution in [0.25, 0.3) is 0 Å². The lowest BCUT2D eigenvalue weighted by atomic mass is 9.95. The number of piperidine rings is 1. The highest BCUT2D eigenvalue weighted by molar-refractivity contribution is 7.89. The van der Waals surface area contributed by atoms with E-state index in [-0.39, 0.29) is 22.8 Å². The molecule has 34 heavy (non-hydrogen) atoms. The molecule has 2 aromatic carbocycles. The third kappa shape index (κ3) is 4.72. The van der Waals surface area contributed by atoms with Gasteiger partial charge in [-0.05, 0) is 68.1 Å². The monoisotopic (exact) mass is 488 g/mol. The van der Waals surface area contributed by atoms with E-state index in [1.54, 1.807) is 45.6 Å². The van der Waals surface area contributed by atoms with Crippen LogP contribution in [0.5, 0.6) is 17.2 Å². The van der Waals surface area contributed by atoms with E-state index in [0.29, 0.717) is 38.2 Å². The Morgan fingerprint density at radius 3 is 2.12 bits per heavy atom. The molecule has 2 heterocycles. The molecule has 2 aromatic rings. The van der Waals surface area contributed by atoms with Crippen LogP contribution in [0.4, 0.5) is 0 Å². The molecule has 9 heteroatoms. The summed E-state index contributed by atoms with van der Waals surface area (Å²) >= 11 is 0. The molecule has 0 N–H and O–H groups in total. The van der Waals surface area contributed by atoms with Crippen molar-refractivity contribution in [1.29, 1.82) is 0 Å². The van der Waals surface area contributed by atoms with Crippen molar-refractivity contribution in [2.45, 2.75) is 36.6 Å². The molecule has 0 bridgehead atoms. The molecule has 0 aliphatic carbocycles. The Kier molecular flexibility index (Phi) is 7.33. The molecule has 184 valence electrons. The molecule has 8 nitrogen and oxygen atoms in total. The summed E-state index contributed by atoms with van der Waals surface area (Å²) in [5, 5.41) is 0. The Bertz CT molecular complexity index is 1110. The minimum absolute atomic E-state index is 0.0707. The van der Waals surface area contributed by atoms with E-state index in [0.717, 1.165) is 29.9 Å². The number of nitrogens with zero attached hydrogens (tertiary/aromatic N) is 2. The second-order valence-corrected chi connectivity index (χ2v) is 10.6. The maximum Gasteiger partial charge on any atom is 0.243 e. The fourth-order valence-electron chi connectivity index (χ4n) is 4.93. The summed E-state index contributed by atoms with van der Waals surface area (Å²) in [5.41, 5.74) is 0.951. The third-order valence-corrected chi connectivity index (χ3v) is 8.74. The standard InChI is InChI=1S/C25H32N2O6S/c1-31-19-6-9-21(10-7-19)34(29,30)26-15-12-18(13-16-26)25(28)27-14-4-5-23(27)22-17-20(32-2)8-11-24(22)33-3/h6-11,17-18,23H,4-5,12-16H2,1-3H3/t23-/m0/s1. The Hall–Kier alpha value is -2.78. The normalized spacial score (nSPS) is 19.7. The van der Waals surface area contributed by atoms with E-state index in [9.17, 15) is 13.2 Å². The summed E-state index contributed by atoms with van der Waals surface area (Å²) in [6, 6.07) is 12.0. The second kappa shape index (κ2) is 10.2. The number of benzene rings is 2. The van der Waals surface area contributed by atoms with Gasteiger partial charge in [-0.1, -0.05) is 0 Å². The molecule has 2 saturated heterocycles. The van der Waals surface area contributed by atoms with Crippen molar-refractivity contribution in [3.8, 4) is 17.2 Å². The first-order valence-electron chi connectivity index (χ1n) is 11.6.